The molecule has 2 unspecified atom stereocenters. The van der Waals surface area contributed by atoms with Gasteiger partial charge in [0.25, 0.3) is 10.1 Å². The van der Waals surface area contributed by atoms with E-state index in [2.05, 4.69) is 49.4 Å². The molecule has 3 aliphatic rings. The van der Waals surface area contributed by atoms with Crippen LogP contribution in [-0.4, -0.2) is 25.6 Å². The smallest absolute Gasteiger partial charge is 0.296 e. The predicted octanol–water partition coefficient (Wildman–Crippen LogP) is 6.54. The molecule has 0 aromatic heterocycles. The van der Waals surface area contributed by atoms with Gasteiger partial charge in [-0.25, -0.2) is 0 Å². The van der Waals surface area contributed by atoms with Crippen LogP contribution in [0.25, 0.3) is 0 Å². The summed E-state index contributed by atoms with van der Waals surface area (Å²) in [5, 5.41) is 0. The van der Waals surface area contributed by atoms with Gasteiger partial charge in [0, 0.05) is 3.42 Å². The molecule has 0 aliphatic heterocycles. The highest BCUT2D eigenvalue weighted by Gasteiger charge is 2.55. The summed E-state index contributed by atoms with van der Waals surface area (Å²) in [6, 6.07) is 6.43. The Kier molecular flexibility index (Phi) is 6.32. The third-order valence-corrected chi connectivity index (χ3v) is 10.4. The number of hydrogen-bond donors (Lipinski definition) is 0. The third kappa shape index (κ3) is 4.45. The first-order chi connectivity index (χ1) is 14.5. The van der Waals surface area contributed by atoms with Crippen LogP contribution in [0.2, 0.25) is 0 Å². The zero-order chi connectivity index (χ0) is 22.5. The summed E-state index contributed by atoms with van der Waals surface area (Å²) in [5.74, 6) is 1.78. The Morgan fingerprint density at radius 2 is 1.81 bits per heavy atom. The number of benzene rings is 1. The molecule has 31 heavy (non-hydrogen) atoms. The first kappa shape index (κ1) is 23.6. The Bertz CT molecular complexity index is 952. The summed E-state index contributed by atoms with van der Waals surface area (Å²) in [4.78, 5) is 0.190. The van der Waals surface area contributed by atoms with Gasteiger partial charge in [0.05, 0.1) is 18.6 Å². The van der Waals surface area contributed by atoms with Crippen molar-refractivity contribution in [1.29, 1.82) is 0 Å². The lowest BCUT2D eigenvalue weighted by atomic mass is 9.47. The van der Waals surface area contributed by atoms with E-state index in [1.54, 1.807) is 36.9 Å². The summed E-state index contributed by atoms with van der Waals surface area (Å²) >= 11 is 2.63. The number of hydrogen-bond acceptors (Lipinski definition) is 4. The molecule has 6 heteroatoms. The molecule has 172 valence electrons. The van der Waals surface area contributed by atoms with Crippen molar-refractivity contribution in [2.75, 3.05) is 13.7 Å². The summed E-state index contributed by atoms with van der Waals surface area (Å²) in [6.07, 6.45) is 10.7. The van der Waals surface area contributed by atoms with E-state index in [1.165, 1.54) is 19.3 Å². The number of alkyl halides is 1. The second-order valence-corrected chi connectivity index (χ2v) is 14.8. The lowest BCUT2D eigenvalue weighted by Crippen LogP contribution is -2.51. The number of halogens is 1. The van der Waals surface area contributed by atoms with Crippen LogP contribution in [0.15, 0.2) is 40.8 Å². The van der Waals surface area contributed by atoms with Gasteiger partial charge >= 0.3 is 0 Å². The summed E-state index contributed by atoms with van der Waals surface area (Å²) in [7, 11) is -2.22. The molecule has 0 bridgehead atoms. The highest BCUT2D eigenvalue weighted by atomic mass is 127. The van der Waals surface area contributed by atoms with Crippen molar-refractivity contribution >= 4 is 32.7 Å². The maximum atomic E-state index is 12.9. The van der Waals surface area contributed by atoms with E-state index in [4.69, 9.17) is 8.92 Å². The van der Waals surface area contributed by atoms with E-state index in [0.29, 0.717) is 21.0 Å². The molecule has 2 fully saturated rings. The molecule has 0 N–H and O–H groups in total. The van der Waals surface area contributed by atoms with E-state index in [0.717, 1.165) is 25.7 Å². The van der Waals surface area contributed by atoms with Crippen molar-refractivity contribution in [3.05, 3.63) is 35.9 Å². The van der Waals surface area contributed by atoms with Gasteiger partial charge in [0.2, 0.25) is 0 Å². The molecule has 0 spiro atoms. The van der Waals surface area contributed by atoms with E-state index in [-0.39, 0.29) is 22.3 Å². The third-order valence-electron chi connectivity index (χ3n) is 8.27. The van der Waals surface area contributed by atoms with Crippen LogP contribution in [0.1, 0.15) is 65.7 Å². The molecule has 1 aromatic rings. The van der Waals surface area contributed by atoms with Gasteiger partial charge in [-0.1, -0.05) is 61.4 Å². The van der Waals surface area contributed by atoms with Crippen LogP contribution in [0.5, 0.6) is 5.75 Å². The highest BCUT2D eigenvalue weighted by molar-refractivity contribution is 14.1. The predicted molar refractivity (Wildman–Crippen MR) is 132 cm³/mol. The van der Waals surface area contributed by atoms with Crippen molar-refractivity contribution < 1.29 is 17.3 Å². The van der Waals surface area contributed by atoms with Gasteiger partial charge in [-0.2, -0.15) is 8.42 Å². The van der Waals surface area contributed by atoms with E-state index >= 15 is 0 Å². The standard InChI is InChI=1S/C25H35IO4S/c1-23(17-30-31(27,28)20-9-7-19(29-4)8-10-20)13-5-14-25(3)21-12-15-24(2,26)16-18(21)6-11-22(23)25/h7-10,12,18,22H,5-6,11,13-17H2,1-4H3/t18?,22?,23-,24-,25-/m0/s1. The first-order valence-electron chi connectivity index (χ1n) is 11.4. The minimum atomic E-state index is -3.79. The Morgan fingerprint density at radius 3 is 2.48 bits per heavy atom. The van der Waals surface area contributed by atoms with Gasteiger partial charge in [-0.15, -0.1) is 0 Å². The molecular formula is C25H35IO4S. The largest absolute Gasteiger partial charge is 0.497 e. The van der Waals surface area contributed by atoms with Gasteiger partial charge in [0.15, 0.2) is 0 Å². The van der Waals surface area contributed by atoms with E-state index in [9.17, 15) is 8.42 Å². The Labute approximate surface area is 201 Å². The van der Waals surface area contributed by atoms with Gasteiger partial charge in [-0.05, 0) is 85.5 Å². The SMILES string of the molecule is COc1ccc(S(=O)(=O)OC[C@]2(C)CCC[C@@]3(C)C4=CC[C@](C)(I)CC4CCC23)cc1. The van der Waals surface area contributed by atoms with Crippen LogP contribution in [0.3, 0.4) is 0 Å². The molecule has 2 saturated carbocycles. The quantitative estimate of drug-likeness (QED) is 0.178. The zero-order valence-electron chi connectivity index (χ0n) is 19.1. The maximum absolute atomic E-state index is 12.9. The van der Waals surface area contributed by atoms with Crippen LogP contribution in [-0.2, 0) is 14.3 Å². The van der Waals surface area contributed by atoms with Crippen molar-refractivity contribution in [1.82, 2.24) is 0 Å². The zero-order valence-corrected chi connectivity index (χ0v) is 22.1. The average molecular weight is 559 g/mol. The molecule has 0 amide bonds. The van der Waals surface area contributed by atoms with Crippen molar-refractivity contribution in [2.45, 2.75) is 74.0 Å². The van der Waals surface area contributed by atoms with Gasteiger partial charge in [-0.3, -0.25) is 4.18 Å². The van der Waals surface area contributed by atoms with Crippen molar-refractivity contribution in [3.8, 4) is 5.75 Å². The fourth-order valence-corrected chi connectivity index (χ4v) is 8.49. The molecule has 1 aromatic carbocycles. The van der Waals surface area contributed by atoms with E-state index < -0.39 is 10.1 Å². The Hall–Kier alpha value is -0.600. The number of methoxy groups -OCH3 is 1. The molecule has 4 nitrogen and oxygen atoms in total. The topological polar surface area (TPSA) is 52.6 Å². The highest BCUT2D eigenvalue weighted by Crippen LogP contribution is 2.63. The summed E-state index contributed by atoms with van der Waals surface area (Å²) in [5.41, 5.74) is 1.68. The molecule has 0 radical (unpaired) electrons. The van der Waals surface area contributed by atoms with E-state index in [1.807, 2.05) is 0 Å². The van der Waals surface area contributed by atoms with Crippen LogP contribution < -0.4 is 4.74 Å². The minimum absolute atomic E-state index is 0.135. The molecule has 4 rings (SSSR count). The Balaban J connectivity index is 1.54. The summed E-state index contributed by atoms with van der Waals surface area (Å²) < 4.78 is 37.0. The van der Waals surface area contributed by atoms with Gasteiger partial charge < -0.3 is 4.74 Å². The second-order valence-electron chi connectivity index (χ2n) is 10.6. The molecule has 3 aliphatic carbocycles. The maximum Gasteiger partial charge on any atom is 0.296 e. The molecule has 5 atom stereocenters. The Morgan fingerprint density at radius 1 is 1.10 bits per heavy atom. The van der Waals surface area contributed by atoms with Gasteiger partial charge in [0.1, 0.15) is 5.75 Å². The normalized spacial score (nSPS) is 38.0. The lowest BCUT2D eigenvalue weighted by Gasteiger charge is -2.59. The minimum Gasteiger partial charge on any atom is -0.497 e. The van der Waals surface area contributed by atoms with Crippen molar-refractivity contribution in [3.63, 3.8) is 0 Å². The second kappa shape index (κ2) is 8.32. The fraction of sp³-hybridized carbons (Fsp3) is 0.680. The van der Waals surface area contributed by atoms with Crippen LogP contribution in [0, 0.1) is 22.7 Å². The first-order valence-corrected chi connectivity index (χ1v) is 13.9. The molecular weight excluding hydrogens is 523 g/mol. The van der Waals surface area contributed by atoms with Crippen LogP contribution >= 0.6 is 22.6 Å². The monoisotopic (exact) mass is 558 g/mol. The fourth-order valence-electron chi connectivity index (χ4n) is 6.71. The number of allylic oxidation sites excluding steroid dienone is 2. The average Bonchev–Trinajstić information content (AvgIpc) is 2.71. The number of rotatable bonds is 5. The summed E-state index contributed by atoms with van der Waals surface area (Å²) in [6.45, 7) is 7.33. The van der Waals surface area contributed by atoms with Crippen molar-refractivity contribution in [2.24, 2.45) is 22.7 Å². The lowest BCUT2D eigenvalue weighted by molar-refractivity contribution is -0.0468. The molecule has 0 heterocycles. The number of fused-ring (bicyclic) bond motifs is 3. The van der Waals surface area contributed by atoms with Crippen LogP contribution in [0.4, 0.5) is 0 Å². The molecule has 0 saturated heterocycles. The number of ether oxygens (including phenoxy) is 1.